The van der Waals surface area contributed by atoms with Crippen LogP contribution < -0.4 is 4.74 Å². The summed E-state index contributed by atoms with van der Waals surface area (Å²) >= 11 is 1.65. The van der Waals surface area contributed by atoms with Gasteiger partial charge in [0.1, 0.15) is 5.75 Å². The van der Waals surface area contributed by atoms with E-state index in [-0.39, 0.29) is 5.91 Å². The number of hydrogen-bond acceptors (Lipinski definition) is 4. The van der Waals surface area contributed by atoms with Gasteiger partial charge in [-0.05, 0) is 42.3 Å². The lowest BCUT2D eigenvalue weighted by atomic mass is 10.1. The van der Waals surface area contributed by atoms with Crippen LogP contribution in [0.25, 0.3) is 0 Å². The molecule has 2 aromatic heterocycles. The van der Waals surface area contributed by atoms with E-state index in [1.807, 2.05) is 34.5 Å². The van der Waals surface area contributed by atoms with Crippen molar-refractivity contribution in [3.63, 3.8) is 0 Å². The average molecular weight is 316 g/mol. The van der Waals surface area contributed by atoms with Crippen LogP contribution in [0.4, 0.5) is 0 Å². The van der Waals surface area contributed by atoms with Crippen molar-refractivity contribution in [1.29, 1.82) is 0 Å². The van der Waals surface area contributed by atoms with Crippen LogP contribution >= 0.6 is 11.3 Å². The Morgan fingerprint density at radius 3 is 3.00 bits per heavy atom. The molecule has 1 unspecified atom stereocenters. The molecule has 3 rings (SSSR count). The Hall–Kier alpha value is -1.88. The van der Waals surface area contributed by atoms with E-state index in [1.165, 1.54) is 0 Å². The van der Waals surface area contributed by atoms with Crippen molar-refractivity contribution in [3.8, 4) is 5.75 Å². The standard InChI is InChI=1S/C17H20N2O2S/c20-17(12-16-2-1-11-22-16)19-9-5-14(13-19)6-10-21-15-3-7-18-8-4-15/h1-4,7-8,11,14H,5-6,9-10,12-13H2. The fourth-order valence-electron chi connectivity index (χ4n) is 2.75. The zero-order valence-corrected chi connectivity index (χ0v) is 13.3. The van der Waals surface area contributed by atoms with Crippen molar-refractivity contribution in [3.05, 3.63) is 46.9 Å². The Balaban J connectivity index is 1.39. The summed E-state index contributed by atoms with van der Waals surface area (Å²) in [6.07, 6.45) is 6.07. The largest absolute Gasteiger partial charge is 0.493 e. The molecule has 1 fully saturated rings. The number of carbonyl (C=O) groups is 1. The second-order valence-corrected chi connectivity index (χ2v) is 6.60. The van der Waals surface area contributed by atoms with Gasteiger partial charge in [-0.1, -0.05) is 6.07 Å². The minimum atomic E-state index is 0.250. The fourth-order valence-corrected chi connectivity index (χ4v) is 3.44. The van der Waals surface area contributed by atoms with Crippen LogP contribution in [0.3, 0.4) is 0 Å². The summed E-state index contributed by atoms with van der Waals surface area (Å²) < 4.78 is 5.71. The first kappa shape index (κ1) is 15.0. The molecule has 22 heavy (non-hydrogen) atoms. The predicted molar refractivity (Wildman–Crippen MR) is 87.1 cm³/mol. The van der Waals surface area contributed by atoms with Gasteiger partial charge in [0.15, 0.2) is 0 Å². The van der Waals surface area contributed by atoms with E-state index in [0.29, 0.717) is 18.9 Å². The van der Waals surface area contributed by atoms with Gasteiger partial charge in [0.05, 0.1) is 13.0 Å². The number of carbonyl (C=O) groups excluding carboxylic acids is 1. The van der Waals surface area contributed by atoms with Crippen molar-refractivity contribution in [1.82, 2.24) is 9.88 Å². The number of pyridine rings is 1. The number of ether oxygens (including phenoxy) is 1. The van der Waals surface area contributed by atoms with Gasteiger partial charge < -0.3 is 9.64 Å². The summed E-state index contributed by atoms with van der Waals surface area (Å²) in [5.74, 6) is 1.66. The lowest BCUT2D eigenvalue weighted by molar-refractivity contribution is -0.129. The summed E-state index contributed by atoms with van der Waals surface area (Å²) in [6, 6.07) is 7.76. The van der Waals surface area contributed by atoms with Crippen molar-refractivity contribution in [2.75, 3.05) is 19.7 Å². The third-order valence-corrected chi connectivity index (χ3v) is 4.87. The highest BCUT2D eigenvalue weighted by atomic mass is 32.1. The van der Waals surface area contributed by atoms with Crippen LogP contribution in [0.15, 0.2) is 42.0 Å². The highest BCUT2D eigenvalue weighted by Gasteiger charge is 2.26. The summed E-state index contributed by atoms with van der Waals surface area (Å²) in [5.41, 5.74) is 0. The van der Waals surface area contributed by atoms with Crippen LogP contribution in [-0.2, 0) is 11.2 Å². The lowest BCUT2D eigenvalue weighted by Gasteiger charge is -2.16. The topological polar surface area (TPSA) is 42.4 Å². The molecule has 0 N–H and O–H groups in total. The SMILES string of the molecule is O=C(Cc1cccs1)N1CCC(CCOc2ccncc2)C1. The Bertz CT molecular complexity index is 586. The van der Waals surface area contributed by atoms with E-state index in [4.69, 9.17) is 4.74 Å². The molecular formula is C17H20N2O2S. The molecule has 116 valence electrons. The van der Waals surface area contributed by atoms with Crippen LogP contribution in [0.2, 0.25) is 0 Å². The molecule has 0 bridgehead atoms. The first-order chi connectivity index (χ1) is 10.8. The minimum absolute atomic E-state index is 0.250. The van der Waals surface area contributed by atoms with E-state index in [2.05, 4.69) is 4.98 Å². The van der Waals surface area contributed by atoms with Gasteiger partial charge in [0.2, 0.25) is 5.91 Å². The molecule has 0 aliphatic carbocycles. The smallest absolute Gasteiger partial charge is 0.227 e. The van der Waals surface area contributed by atoms with Gasteiger partial charge in [-0.15, -0.1) is 11.3 Å². The molecular weight excluding hydrogens is 296 g/mol. The van der Waals surface area contributed by atoms with Crippen molar-refractivity contribution < 1.29 is 9.53 Å². The molecule has 4 nitrogen and oxygen atoms in total. The Morgan fingerprint density at radius 1 is 1.36 bits per heavy atom. The number of aromatic nitrogens is 1. The predicted octanol–water partition coefficient (Wildman–Crippen LogP) is 3.00. The van der Waals surface area contributed by atoms with Crippen LogP contribution in [0.1, 0.15) is 17.7 Å². The summed E-state index contributed by atoms with van der Waals surface area (Å²) in [6.45, 7) is 2.44. The highest BCUT2D eigenvalue weighted by molar-refractivity contribution is 7.10. The van der Waals surface area contributed by atoms with Crippen LogP contribution in [0.5, 0.6) is 5.75 Å². The second kappa shape index (κ2) is 7.40. The first-order valence-corrected chi connectivity index (χ1v) is 8.52. The number of thiophene rings is 1. The van der Waals surface area contributed by atoms with E-state index < -0.39 is 0 Å². The van der Waals surface area contributed by atoms with E-state index >= 15 is 0 Å². The maximum atomic E-state index is 12.2. The minimum Gasteiger partial charge on any atom is -0.493 e. The summed E-state index contributed by atoms with van der Waals surface area (Å²) in [5, 5.41) is 2.02. The van der Waals surface area contributed by atoms with Crippen molar-refractivity contribution in [2.24, 2.45) is 5.92 Å². The summed E-state index contributed by atoms with van der Waals surface area (Å²) in [7, 11) is 0. The van der Waals surface area contributed by atoms with Gasteiger partial charge in [-0.3, -0.25) is 9.78 Å². The molecule has 0 spiro atoms. The Labute approximate surface area is 134 Å². The number of nitrogens with zero attached hydrogens (tertiary/aromatic N) is 2. The average Bonchev–Trinajstić information content (AvgIpc) is 3.20. The lowest BCUT2D eigenvalue weighted by Crippen LogP contribution is -2.30. The molecule has 3 heterocycles. The van der Waals surface area contributed by atoms with Gasteiger partial charge in [-0.2, -0.15) is 0 Å². The van der Waals surface area contributed by atoms with Gasteiger partial charge in [-0.25, -0.2) is 0 Å². The van der Waals surface area contributed by atoms with Gasteiger partial charge >= 0.3 is 0 Å². The normalized spacial score (nSPS) is 17.6. The maximum absolute atomic E-state index is 12.2. The number of amides is 1. The number of likely N-dealkylation sites (tertiary alicyclic amines) is 1. The first-order valence-electron chi connectivity index (χ1n) is 7.64. The van der Waals surface area contributed by atoms with E-state index in [1.54, 1.807) is 23.7 Å². The van der Waals surface area contributed by atoms with E-state index in [9.17, 15) is 4.79 Å². The molecule has 0 radical (unpaired) electrons. The second-order valence-electron chi connectivity index (χ2n) is 5.57. The molecule has 0 saturated carbocycles. The Morgan fingerprint density at radius 2 is 2.23 bits per heavy atom. The maximum Gasteiger partial charge on any atom is 0.227 e. The zero-order valence-electron chi connectivity index (χ0n) is 12.5. The van der Waals surface area contributed by atoms with Crippen molar-refractivity contribution >= 4 is 17.2 Å². The summed E-state index contributed by atoms with van der Waals surface area (Å²) in [4.78, 5) is 19.4. The molecule has 1 aliphatic heterocycles. The number of rotatable bonds is 6. The monoisotopic (exact) mass is 316 g/mol. The molecule has 1 saturated heterocycles. The quantitative estimate of drug-likeness (QED) is 0.823. The van der Waals surface area contributed by atoms with Gasteiger partial charge in [0.25, 0.3) is 0 Å². The molecule has 1 atom stereocenters. The molecule has 1 amide bonds. The third kappa shape index (κ3) is 4.07. The number of hydrogen-bond donors (Lipinski definition) is 0. The van der Waals surface area contributed by atoms with E-state index in [0.717, 1.165) is 36.6 Å². The molecule has 2 aromatic rings. The van der Waals surface area contributed by atoms with Crippen LogP contribution in [-0.4, -0.2) is 35.5 Å². The molecule has 5 heteroatoms. The van der Waals surface area contributed by atoms with Crippen molar-refractivity contribution in [2.45, 2.75) is 19.3 Å². The Kier molecular flexibility index (Phi) is 5.06. The molecule has 0 aromatic carbocycles. The zero-order chi connectivity index (χ0) is 15.2. The third-order valence-electron chi connectivity index (χ3n) is 3.99. The fraction of sp³-hybridized carbons (Fsp3) is 0.412. The molecule has 1 aliphatic rings. The van der Waals surface area contributed by atoms with Crippen LogP contribution in [0, 0.1) is 5.92 Å². The van der Waals surface area contributed by atoms with Gasteiger partial charge in [0, 0.05) is 30.4 Å². The highest BCUT2D eigenvalue weighted by Crippen LogP contribution is 2.21.